The number of aliphatic hydroxyl groups is 1. The first kappa shape index (κ1) is 7.37. The van der Waals surface area contributed by atoms with Gasteiger partial charge in [-0.15, -0.1) is 0 Å². The summed E-state index contributed by atoms with van der Waals surface area (Å²) in [6, 6.07) is 0. The third kappa shape index (κ3) is 0.783. The summed E-state index contributed by atoms with van der Waals surface area (Å²) in [6.07, 6.45) is 7.20. The molecule has 3 fully saturated rings. The molecule has 0 amide bonds. The second-order valence-corrected chi connectivity index (χ2v) is 5.11. The Morgan fingerprint density at radius 1 is 0.917 bits per heavy atom. The summed E-state index contributed by atoms with van der Waals surface area (Å²) in [5, 5.41) is 9.09. The van der Waals surface area contributed by atoms with E-state index in [9.17, 15) is 0 Å². The van der Waals surface area contributed by atoms with Crippen molar-refractivity contribution in [1.82, 2.24) is 0 Å². The van der Waals surface area contributed by atoms with Crippen LogP contribution in [0.25, 0.3) is 0 Å². The Hall–Kier alpha value is -0.0400. The SMILES string of the molecule is OCC1CC2C3CCCC3C2C1. The highest BCUT2D eigenvalue weighted by Gasteiger charge is 2.55. The molecular formula is C11H18O. The molecule has 1 nitrogen and oxygen atoms in total. The number of hydrogen-bond donors (Lipinski definition) is 1. The molecule has 0 aromatic rings. The molecule has 12 heavy (non-hydrogen) atoms. The van der Waals surface area contributed by atoms with Gasteiger partial charge in [-0.05, 0) is 55.3 Å². The van der Waals surface area contributed by atoms with Crippen molar-refractivity contribution in [3.63, 3.8) is 0 Å². The molecule has 0 aromatic carbocycles. The van der Waals surface area contributed by atoms with Gasteiger partial charge >= 0.3 is 0 Å². The third-order valence-electron chi connectivity index (χ3n) is 4.74. The standard InChI is InChI=1S/C11H18O/c12-6-7-4-10-8-2-1-3-9(8)11(10)5-7/h7-12H,1-6H2. The molecule has 4 unspecified atom stereocenters. The van der Waals surface area contributed by atoms with Crippen LogP contribution in [0.5, 0.6) is 0 Å². The average Bonchev–Trinajstić information content (AvgIpc) is 2.60. The maximum atomic E-state index is 9.09. The van der Waals surface area contributed by atoms with Gasteiger partial charge in [-0.3, -0.25) is 0 Å². The molecule has 0 saturated heterocycles. The summed E-state index contributed by atoms with van der Waals surface area (Å²) in [4.78, 5) is 0. The summed E-state index contributed by atoms with van der Waals surface area (Å²) in [7, 11) is 0. The van der Waals surface area contributed by atoms with E-state index in [2.05, 4.69) is 0 Å². The minimum atomic E-state index is 0.451. The fourth-order valence-corrected chi connectivity index (χ4v) is 4.28. The lowest BCUT2D eigenvalue weighted by Crippen LogP contribution is -2.39. The van der Waals surface area contributed by atoms with Gasteiger partial charge < -0.3 is 5.11 Å². The van der Waals surface area contributed by atoms with Crippen LogP contribution in [0.2, 0.25) is 0 Å². The van der Waals surface area contributed by atoms with Crippen molar-refractivity contribution in [3.05, 3.63) is 0 Å². The fraction of sp³-hybridized carbons (Fsp3) is 1.00. The minimum Gasteiger partial charge on any atom is -0.396 e. The molecule has 0 aliphatic heterocycles. The third-order valence-corrected chi connectivity index (χ3v) is 4.74. The maximum absolute atomic E-state index is 9.09. The van der Waals surface area contributed by atoms with E-state index in [1.807, 2.05) is 0 Å². The maximum Gasteiger partial charge on any atom is 0.0459 e. The number of hydrogen-bond acceptors (Lipinski definition) is 1. The first-order valence-electron chi connectivity index (χ1n) is 5.51. The van der Waals surface area contributed by atoms with Crippen LogP contribution in [-0.2, 0) is 0 Å². The number of aliphatic hydroxyl groups excluding tert-OH is 1. The van der Waals surface area contributed by atoms with Crippen molar-refractivity contribution in [1.29, 1.82) is 0 Å². The van der Waals surface area contributed by atoms with Gasteiger partial charge in [0.05, 0.1) is 0 Å². The molecule has 1 N–H and O–H groups in total. The van der Waals surface area contributed by atoms with Gasteiger partial charge in [0.15, 0.2) is 0 Å². The van der Waals surface area contributed by atoms with Crippen molar-refractivity contribution < 1.29 is 5.11 Å². The van der Waals surface area contributed by atoms with Gasteiger partial charge in [0, 0.05) is 6.61 Å². The molecular weight excluding hydrogens is 148 g/mol. The highest BCUT2D eigenvalue weighted by atomic mass is 16.3. The van der Waals surface area contributed by atoms with E-state index in [4.69, 9.17) is 5.11 Å². The normalized spacial score (nSPS) is 56.2. The van der Waals surface area contributed by atoms with Gasteiger partial charge in [-0.25, -0.2) is 0 Å². The largest absolute Gasteiger partial charge is 0.396 e. The summed E-state index contributed by atoms with van der Waals surface area (Å²) in [5.41, 5.74) is 0. The van der Waals surface area contributed by atoms with Gasteiger partial charge in [0.25, 0.3) is 0 Å². The quantitative estimate of drug-likeness (QED) is 0.632. The van der Waals surface area contributed by atoms with Crippen LogP contribution in [-0.4, -0.2) is 11.7 Å². The molecule has 3 aliphatic rings. The van der Waals surface area contributed by atoms with E-state index >= 15 is 0 Å². The second-order valence-electron chi connectivity index (χ2n) is 5.11. The molecule has 0 bridgehead atoms. The van der Waals surface area contributed by atoms with E-state index in [1.54, 1.807) is 0 Å². The Morgan fingerprint density at radius 3 is 2.00 bits per heavy atom. The first-order chi connectivity index (χ1) is 5.90. The Bertz CT molecular complexity index is 171. The highest BCUT2D eigenvalue weighted by molar-refractivity contribution is 5.04. The van der Waals surface area contributed by atoms with Crippen LogP contribution in [0.1, 0.15) is 32.1 Å². The molecule has 4 atom stereocenters. The molecule has 3 rings (SSSR count). The second kappa shape index (κ2) is 2.47. The van der Waals surface area contributed by atoms with E-state index in [0.717, 1.165) is 23.7 Å². The Kier molecular flexibility index (Phi) is 1.52. The zero-order chi connectivity index (χ0) is 8.13. The molecule has 0 aromatic heterocycles. The molecule has 0 radical (unpaired) electrons. The first-order valence-corrected chi connectivity index (χ1v) is 5.51. The van der Waals surface area contributed by atoms with E-state index in [1.165, 1.54) is 32.1 Å². The van der Waals surface area contributed by atoms with Crippen LogP contribution >= 0.6 is 0 Å². The van der Waals surface area contributed by atoms with Gasteiger partial charge in [0.2, 0.25) is 0 Å². The lowest BCUT2D eigenvalue weighted by Gasteiger charge is -2.45. The molecule has 68 valence electrons. The molecule has 3 saturated carbocycles. The zero-order valence-corrected chi connectivity index (χ0v) is 7.58. The highest BCUT2D eigenvalue weighted by Crippen LogP contribution is 2.62. The summed E-state index contributed by atoms with van der Waals surface area (Å²) in [6.45, 7) is 0.451. The lowest BCUT2D eigenvalue weighted by atomic mass is 9.60. The van der Waals surface area contributed by atoms with Crippen molar-refractivity contribution >= 4 is 0 Å². The predicted octanol–water partition coefficient (Wildman–Crippen LogP) is 2.05. The lowest BCUT2D eigenvalue weighted by molar-refractivity contribution is 0.0302. The van der Waals surface area contributed by atoms with E-state index in [0.29, 0.717) is 12.5 Å². The summed E-state index contributed by atoms with van der Waals surface area (Å²) >= 11 is 0. The number of rotatable bonds is 1. The van der Waals surface area contributed by atoms with E-state index < -0.39 is 0 Å². The van der Waals surface area contributed by atoms with E-state index in [-0.39, 0.29) is 0 Å². The summed E-state index contributed by atoms with van der Waals surface area (Å²) < 4.78 is 0. The van der Waals surface area contributed by atoms with Crippen molar-refractivity contribution in [2.24, 2.45) is 29.6 Å². The zero-order valence-electron chi connectivity index (χ0n) is 7.58. The van der Waals surface area contributed by atoms with Crippen LogP contribution in [0.3, 0.4) is 0 Å². The van der Waals surface area contributed by atoms with Gasteiger partial charge in [0.1, 0.15) is 0 Å². The smallest absolute Gasteiger partial charge is 0.0459 e. The average molecular weight is 166 g/mol. The molecule has 1 heteroatoms. The van der Waals surface area contributed by atoms with Crippen molar-refractivity contribution in [3.8, 4) is 0 Å². The Labute approximate surface area is 74.2 Å². The van der Waals surface area contributed by atoms with Gasteiger partial charge in [-0.1, -0.05) is 6.42 Å². The Balaban J connectivity index is 1.72. The van der Waals surface area contributed by atoms with Crippen molar-refractivity contribution in [2.45, 2.75) is 32.1 Å². The van der Waals surface area contributed by atoms with Crippen LogP contribution in [0.4, 0.5) is 0 Å². The topological polar surface area (TPSA) is 20.2 Å². The number of fused-ring (bicyclic) bond motifs is 4. The van der Waals surface area contributed by atoms with Crippen molar-refractivity contribution in [2.75, 3.05) is 6.61 Å². The van der Waals surface area contributed by atoms with Crippen LogP contribution < -0.4 is 0 Å². The van der Waals surface area contributed by atoms with Crippen LogP contribution in [0.15, 0.2) is 0 Å². The predicted molar refractivity (Wildman–Crippen MR) is 47.6 cm³/mol. The fourth-order valence-electron chi connectivity index (χ4n) is 4.28. The summed E-state index contributed by atoms with van der Waals surface area (Å²) in [5.74, 6) is 4.92. The monoisotopic (exact) mass is 166 g/mol. The Morgan fingerprint density at radius 2 is 1.50 bits per heavy atom. The molecule has 0 heterocycles. The molecule has 3 aliphatic carbocycles. The van der Waals surface area contributed by atoms with Crippen LogP contribution in [0, 0.1) is 29.6 Å². The van der Waals surface area contributed by atoms with Gasteiger partial charge in [-0.2, -0.15) is 0 Å². The minimum absolute atomic E-state index is 0.451. The molecule has 0 spiro atoms.